The predicted molar refractivity (Wildman–Crippen MR) is 112 cm³/mol. The number of halogens is 3. The fourth-order valence-electron chi connectivity index (χ4n) is 3.64. The molecule has 9 heteroatoms. The molecule has 0 bridgehead atoms. The largest absolute Gasteiger partial charge is 0.418 e. The van der Waals surface area contributed by atoms with Gasteiger partial charge in [0.2, 0.25) is 0 Å². The summed E-state index contributed by atoms with van der Waals surface area (Å²) in [5.41, 5.74) is 0.295. The molecule has 2 aromatic carbocycles. The highest BCUT2D eigenvalue weighted by Gasteiger charge is 2.33. The van der Waals surface area contributed by atoms with E-state index in [4.69, 9.17) is 0 Å². The third kappa shape index (κ3) is 5.10. The zero-order valence-electron chi connectivity index (χ0n) is 16.8. The molecule has 0 radical (unpaired) electrons. The summed E-state index contributed by atoms with van der Waals surface area (Å²) in [6.07, 6.45) is -0.599. The van der Waals surface area contributed by atoms with Crippen LogP contribution in [0.3, 0.4) is 0 Å². The van der Waals surface area contributed by atoms with Crippen LogP contribution in [0.15, 0.2) is 42.5 Å². The zero-order chi connectivity index (χ0) is 22.0. The lowest BCUT2D eigenvalue weighted by molar-refractivity contribution is -0.136. The Labute approximate surface area is 177 Å². The van der Waals surface area contributed by atoms with Gasteiger partial charge in [-0.15, -0.1) is 0 Å². The quantitative estimate of drug-likeness (QED) is 0.633. The lowest BCUT2D eigenvalue weighted by Crippen LogP contribution is -2.29. The molecule has 2 fully saturated rings. The number of nitrogens with zero attached hydrogens (tertiary/aromatic N) is 1. The van der Waals surface area contributed by atoms with Gasteiger partial charge >= 0.3 is 12.2 Å². The molecule has 31 heavy (non-hydrogen) atoms. The van der Waals surface area contributed by atoms with E-state index in [-0.39, 0.29) is 17.6 Å². The summed E-state index contributed by atoms with van der Waals surface area (Å²) >= 11 is 0. The van der Waals surface area contributed by atoms with Crippen LogP contribution in [0, 0.1) is 0 Å². The molecule has 1 saturated carbocycles. The number of rotatable bonds is 5. The summed E-state index contributed by atoms with van der Waals surface area (Å²) in [6.45, 7) is 1.70. The lowest BCUT2D eigenvalue weighted by Gasteiger charge is -2.22. The van der Waals surface area contributed by atoms with Crippen LogP contribution >= 0.6 is 0 Å². The van der Waals surface area contributed by atoms with Gasteiger partial charge in [-0.05, 0) is 56.0 Å². The summed E-state index contributed by atoms with van der Waals surface area (Å²) in [6, 6.07) is 9.11. The average molecular weight is 432 g/mol. The van der Waals surface area contributed by atoms with Crippen LogP contribution in [0.1, 0.15) is 41.6 Å². The van der Waals surface area contributed by atoms with Crippen LogP contribution in [-0.4, -0.2) is 31.1 Å². The van der Waals surface area contributed by atoms with E-state index in [0.29, 0.717) is 11.3 Å². The summed E-state index contributed by atoms with van der Waals surface area (Å²) in [7, 11) is 0. The van der Waals surface area contributed by atoms with E-state index in [2.05, 4.69) is 20.9 Å². The second kappa shape index (κ2) is 8.49. The van der Waals surface area contributed by atoms with E-state index < -0.39 is 17.8 Å². The predicted octanol–water partition coefficient (Wildman–Crippen LogP) is 4.84. The number of alkyl halides is 3. The summed E-state index contributed by atoms with van der Waals surface area (Å²) < 4.78 is 39.4. The molecule has 0 aromatic heterocycles. The van der Waals surface area contributed by atoms with Gasteiger partial charge in [0.15, 0.2) is 0 Å². The highest BCUT2D eigenvalue weighted by atomic mass is 19.4. The van der Waals surface area contributed by atoms with Gasteiger partial charge in [0.05, 0.1) is 16.8 Å². The standard InChI is InChI=1S/C22H23F3N4O2/c23-22(24,25)17-5-1-2-6-18(17)28-21(31)27-15-9-10-19(29-11-3-4-12-29)16(13-15)20(30)26-14-7-8-14/h1-2,5-6,9-10,13-14H,3-4,7-8,11-12H2,(H,26,30)(H2,27,28,31). The number of para-hydroxylation sites is 1. The number of nitrogens with one attached hydrogen (secondary N) is 3. The molecule has 1 saturated heterocycles. The van der Waals surface area contributed by atoms with Crippen molar-refractivity contribution in [3.05, 3.63) is 53.6 Å². The third-order valence-corrected chi connectivity index (χ3v) is 5.34. The van der Waals surface area contributed by atoms with Gasteiger partial charge in [-0.2, -0.15) is 13.2 Å². The number of amides is 3. The van der Waals surface area contributed by atoms with Crippen LogP contribution in [0.2, 0.25) is 0 Å². The van der Waals surface area contributed by atoms with E-state index in [9.17, 15) is 22.8 Å². The number of hydrogen-bond acceptors (Lipinski definition) is 3. The van der Waals surface area contributed by atoms with Gasteiger partial charge < -0.3 is 20.9 Å². The number of anilines is 3. The molecule has 1 aliphatic carbocycles. The van der Waals surface area contributed by atoms with Crippen molar-refractivity contribution in [2.24, 2.45) is 0 Å². The Kier molecular flexibility index (Phi) is 5.75. The van der Waals surface area contributed by atoms with Gasteiger partial charge in [0.1, 0.15) is 0 Å². The Morgan fingerprint density at radius 3 is 2.35 bits per heavy atom. The van der Waals surface area contributed by atoms with Gasteiger partial charge in [0.25, 0.3) is 5.91 Å². The molecule has 0 atom stereocenters. The van der Waals surface area contributed by atoms with Crippen molar-refractivity contribution < 1.29 is 22.8 Å². The minimum absolute atomic E-state index is 0.178. The van der Waals surface area contributed by atoms with E-state index >= 15 is 0 Å². The van der Waals surface area contributed by atoms with Crippen molar-refractivity contribution in [2.75, 3.05) is 28.6 Å². The maximum Gasteiger partial charge on any atom is 0.418 e. The monoisotopic (exact) mass is 432 g/mol. The van der Waals surface area contributed by atoms with Crippen molar-refractivity contribution in [3.63, 3.8) is 0 Å². The third-order valence-electron chi connectivity index (χ3n) is 5.34. The highest BCUT2D eigenvalue weighted by molar-refractivity contribution is 6.04. The molecular formula is C22H23F3N4O2. The highest BCUT2D eigenvalue weighted by Crippen LogP contribution is 2.35. The second-order valence-electron chi connectivity index (χ2n) is 7.80. The van der Waals surface area contributed by atoms with Crippen LogP contribution in [0.4, 0.5) is 35.0 Å². The first-order chi connectivity index (χ1) is 14.8. The first-order valence-electron chi connectivity index (χ1n) is 10.3. The van der Waals surface area contributed by atoms with E-state index in [1.165, 1.54) is 18.2 Å². The van der Waals surface area contributed by atoms with Gasteiger partial charge in [-0.3, -0.25) is 4.79 Å². The second-order valence-corrected chi connectivity index (χ2v) is 7.80. The van der Waals surface area contributed by atoms with Gasteiger partial charge in [0, 0.05) is 30.5 Å². The Balaban J connectivity index is 1.53. The van der Waals surface area contributed by atoms with Crippen LogP contribution < -0.4 is 20.9 Å². The fraction of sp³-hybridized carbons (Fsp3) is 0.364. The summed E-state index contributed by atoms with van der Waals surface area (Å²) in [4.78, 5) is 27.3. The molecule has 0 spiro atoms. The topological polar surface area (TPSA) is 73.5 Å². The Morgan fingerprint density at radius 2 is 1.68 bits per heavy atom. The molecule has 4 rings (SSSR count). The molecular weight excluding hydrogens is 409 g/mol. The molecule has 1 heterocycles. The molecule has 164 valence electrons. The molecule has 1 aliphatic heterocycles. The van der Waals surface area contributed by atoms with E-state index in [0.717, 1.165) is 50.5 Å². The van der Waals surface area contributed by atoms with Crippen molar-refractivity contribution in [1.82, 2.24) is 5.32 Å². The number of benzene rings is 2. The molecule has 3 N–H and O–H groups in total. The smallest absolute Gasteiger partial charge is 0.371 e. The maximum absolute atomic E-state index is 13.1. The van der Waals surface area contributed by atoms with Crippen LogP contribution in [0.25, 0.3) is 0 Å². The van der Waals surface area contributed by atoms with E-state index in [1.807, 2.05) is 0 Å². The minimum atomic E-state index is -4.59. The number of urea groups is 1. The number of carbonyl (C=O) groups is 2. The zero-order valence-corrected chi connectivity index (χ0v) is 16.8. The van der Waals surface area contributed by atoms with Crippen molar-refractivity contribution in [2.45, 2.75) is 37.9 Å². The van der Waals surface area contributed by atoms with Gasteiger partial charge in [-0.25, -0.2) is 4.79 Å². The maximum atomic E-state index is 13.1. The molecule has 2 aromatic rings. The average Bonchev–Trinajstić information content (AvgIpc) is 3.36. The van der Waals surface area contributed by atoms with Gasteiger partial charge in [-0.1, -0.05) is 12.1 Å². The van der Waals surface area contributed by atoms with Crippen molar-refractivity contribution in [1.29, 1.82) is 0 Å². The van der Waals surface area contributed by atoms with E-state index in [1.54, 1.807) is 18.2 Å². The number of carbonyl (C=O) groups excluding carboxylic acids is 2. The summed E-state index contributed by atoms with van der Waals surface area (Å²) in [5.74, 6) is -0.212. The Bertz CT molecular complexity index is 983. The van der Waals surface area contributed by atoms with Crippen LogP contribution in [-0.2, 0) is 6.18 Å². The molecule has 0 unspecified atom stereocenters. The number of hydrogen-bond donors (Lipinski definition) is 3. The molecule has 2 aliphatic rings. The normalized spacial score (nSPS) is 16.2. The fourth-order valence-corrected chi connectivity index (χ4v) is 3.64. The Hall–Kier alpha value is -3.23. The summed E-state index contributed by atoms with van der Waals surface area (Å²) in [5, 5.41) is 7.74. The van der Waals surface area contributed by atoms with Crippen molar-refractivity contribution in [3.8, 4) is 0 Å². The van der Waals surface area contributed by atoms with Crippen molar-refractivity contribution >= 4 is 29.0 Å². The Morgan fingerprint density at radius 1 is 0.968 bits per heavy atom. The first-order valence-corrected chi connectivity index (χ1v) is 10.3. The van der Waals surface area contributed by atoms with Crippen LogP contribution in [0.5, 0.6) is 0 Å². The lowest BCUT2D eigenvalue weighted by atomic mass is 10.1. The minimum Gasteiger partial charge on any atom is -0.371 e. The first kappa shape index (κ1) is 21.0. The SMILES string of the molecule is O=C(Nc1ccc(N2CCCC2)c(C(=O)NC2CC2)c1)Nc1ccccc1C(F)(F)F. The molecule has 3 amide bonds. The molecule has 6 nitrogen and oxygen atoms in total.